The number of hydrogen-bond acceptors (Lipinski definition) is 4. The zero-order valence-corrected chi connectivity index (χ0v) is 8.84. The maximum Gasteiger partial charge on any atom is 0.328 e. The van der Waals surface area contributed by atoms with E-state index in [9.17, 15) is 9.59 Å². The molecule has 1 saturated heterocycles. The molecule has 1 fully saturated rings. The van der Waals surface area contributed by atoms with Crippen molar-refractivity contribution in [2.24, 2.45) is 0 Å². The number of hydrogen-bond donors (Lipinski definition) is 1. The number of fused-ring (bicyclic) bond motifs is 1. The first-order valence-electron chi connectivity index (χ1n) is 5.20. The van der Waals surface area contributed by atoms with E-state index in [0.29, 0.717) is 24.2 Å². The largest absolute Gasteiger partial charge is 0.356 e. The van der Waals surface area contributed by atoms with Crippen molar-refractivity contribution in [3.63, 3.8) is 0 Å². The van der Waals surface area contributed by atoms with E-state index < -0.39 is 6.03 Å². The molecular weight excluding hydrogens is 222 g/mol. The molecule has 1 aromatic carbocycles. The van der Waals surface area contributed by atoms with E-state index in [2.05, 4.69) is 10.5 Å². The van der Waals surface area contributed by atoms with Gasteiger partial charge in [0, 0.05) is 30.1 Å². The van der Waals surface area contributed by atoms with Gasteiger partial charge in [-0.05, 0) is 12.1 Å². The molecule has 1 N–H and O–H groups in total. The Bertz CT molecular complexity index is 605. The fourth-order valence-corrected chi connectivity index (χ4v) is 1.83. The fourth-order valence-electron chi connectivity index (χ4n) is 1.83. The van der Waals surface area contributed by atoms with Gasteiger partial charge in [-0.1, -0.05) is 5.16 Å². The van der Waals surface area contributed by atoms with Crippen LogP contribution in [0.5, 0.6) is 0 Å². The molecule has 6 nitrogen and oxygen atoms in total. The average molecular weight is 231 g/mol. The van der Waals surface area contributed by atoms with E-state index in [0.717, 1.165) is 5.39 Å². The zero-order valence-electron chi connectivity index (χ0n) is 8.84. The Kier molecular flexibility index (Phi) is 2.07. The van der Waals surface area contributed by atoms with Crippen molar-refractivity contribution in [2.45, 2.75) is 6.42 Å². The van der Waals surface area contributed by atoms with Gasteiger partial charge in [0.05, 0.1) is 6.20 Å². The van der Waals surface area contributed by atoms with Crippen LogP contribution in [0.3, 0.4) is 0 Å². The van der Waals surface area contributed by atoms with Crippen LogP contribution in [0.25, 0.3) is 11.0 Å². The Morgan fingerprint density at radius 1 is 1.35 bits per heavy atom. The first-order chi connectivity index (χ1) is 8.24. The molecule has 3 amide bonds. The predicted octanol–water partition coefficient (Wildman–Crippen LogP) is 1.27. The van der Waals surface area contributed by atoms with Gasteiger partial charge in [-0.2, -0.15) is 0 Å². The summed E-state index contributed by atoms with van der Waals surface area (Å²) in [5.41, 5.74) is 1.31. The van der Waals surface area contributed by atoms with Crippen molar-refractivity contribution in [1.29, 1.82) is 0 Å². The molecule has 1 aliphatic heterocycles. The molecule has 3 rings (SSSR count). The lowest BCUT2D eigenvalue weighted by Crippen LogP contribution is -2.49. The van der Waals surface area contributed by atoms with E-state index in [4.69, 9.17) is 4.52 Å². The van der Waals surface area contributed by atoms with Crippen LogP contribution in [0.15, 0.2) is 28.9 Å². The molecule has 0 atom stereocenters. The van der Waals surface area contributed by atoms with Crippen molar-refractivity contribution in [2.75, 3.05) is 11.4 Å². The third-order valence-electron chi connectivity index (χ3n) is 2.71. The highest BCUT2D eigenvalue weighted by Gasteiger charge is 2.24. The molecule has 0 radical (unpaired) electrons. The molecule has 1 aliphatic rings. The van der Waals surface area contributed by atoms with E-state index >= 15 is 0 Å². The van der Waals surface area contributed by atoms with Crippen LogP contribution >= 0.6 is 0 Å². The number of aromatic nitrogens is 1. The first-order valence-corrected chi connectivity index (χ1v) is 5.20. The summed E-state index contributed by atoms with van der Waals surface area (Å²) < 4.78 is 5.03. The minimum absolute atomic E-state index is 0.244. The molecule has 0 aliphatic carbocycles. The second kappa shape index (κ2) is 3.58. The highest BCUT2D eigenvalue weighted by atomic mass is 16.5. The summed E-state index contributed by atoms with van der Waals surface area (Å²) in [7, 11) is 0. The van der Waals surface area contributed by atoms with Crippen molar-refractivity contribution >= 4 is 28.6 Å². The SMILES string of the molecule is O=C1CCN(c2ccc3cnoc3c2)C(=O)N1. The molecule has 1 aromatic heterocycles. The Labute approximate surface area is 96.2 Å². The van der Waals surface area contributed by atoms with Crippen molar-refractivity contribution in [1.82, 2.24) is 10.5 Å². The number of rotatable bonds is 1. The number of nitrogens with zero attached hydrogens (tertiary/aromatic N) is 2. The first kappa shape index (κ1) is 9.83. The lowest BCUT2D eigenvalue weighted by atomic mass is 10.2. The maximum atomic E-state index is 11.6. The van der Waals surface area contributed by atoms with Crippen LogP contribution in [-0.4, -0.2) is 23.6 Å². The molecule has 0 spiro atoms. The average Bonchev–Trinajstić information content (AvgIpc) is 2.75. The number of imide groups is 1. The summed E-state index contributed by atoms with van der Waals surface area (Å²) in [6, 6.07) is 4.96. The lowest BCUT2D eigenvalue weighted by molar-refractivity contribution is -0.120. The standard InChI is InChI=1S/C11H9N3O3/c15-10-3-4-14(11(16)13-10)8-2-1-7-6-12-17-9(7)5-8/h1-2,5-6H,3-4H2,(H,13,15,16). The van der Waals surface area contributed by atoms with Crippen LogP contribution in [-0.2, 0) is 4.79 Å². The molecule has 2 heterocycles. The normalized spacial score (nSPS) is 16.4. The number of amides is 3. The quantitative estimate of drug-likeness (QED) is 0.802. The number of carbonyl (C=O) groups is 2. The maximum absolute atomic E-state index is 11.6. The molecule has 2 aromatic rings. The summed E-state index contributed by atoms with van der Waals surface area (Å²) in [6.07, 6.45) is 1.92. The summed E-state index contributed by atoms with van der Waals surface area (Å²) in [6.45, 7) is 0.379. The monoisotopic (exact) mass is 231 g/mol. The molecule has 86 valence electrons. The van der Waals surface area contributed by atoms with Crippen molar-refractivity contribution in [3.8, 4) is 0 Å². The topological polar surface area (TPSA) is 75.4 Å². The van der Waals surface area contributed by atoms with Crippen LogP contribution in [0, 0.1) is 0 Å². The van der Waals surface area contributed by atoms with Gasteiger partial charge in [-0.3, -0.25) is 15.0 Å². The minimum atomic E-state index is -0.403. The van der Waals surface area contributed by atoms with Gasteiger partial charge in [0.2, 0.25) is 5.91 Å². The van der Waals surface area contributed by atoms with Gasteiger partial charge < -0.3 is 4.52 Å². The Morgan fingerprint density at radius 3 is 3.06 bits per heavy atom. The number of carbonyl (C=O) groups excluding carboxylic acids is 2. The van der Waals surface area contributed by atoms with Crippen molar-refractivity contribution < 1.29 is 14.1 Å². The van der Waals surface area contributed by atoms with E-state index in [1.165, 1.54) is 4.90 Å². The minimum Gasteiger partial charge on any atom is -0.356 e. The third-order valence-corrected chi connectivity index (χ3v) is 2.71. The molecule has 17 heavy (non-hydrogen) atoms. The van der Waals surface area contributed by atoms with Gasteiger partial charge in [0.25, 0.3) is 0 Å². The van der Waals surface area contributed by atoms with Gasteiger partial charge in [-0.15, -0.1) is 0 Å². The summed E-state index contributed by atoms with van der Waals surface area (Å²) in [5, 5.41) is 6.82. The van der Waals surface area contributed by atoms with Crippen LogP contribution in [0.2, 0.25) is 0 Å². The van der Waals surface area contributed by atoms with Gasteiger partial charge >= 0.3 is 6.03 Å². The number of urea groups is 1. The second-order valence-electron chi connectivity index (χ2n) is 3.80. The summed E-state index contributed by atoms with van der Waals surface area (Å²) in [5.74, 6) is -0.244. The highest BCUT2D eigenvalue weighted by Crippen LogP contribution is 2.23. The molecular formula is C11H9N3O3. The summed E-state index contributed by atoms with van der Waals surface area (Å²) in [4.78, 5) is 24.2. The lowest BCUT2D eigenvalue weighted by Gasteiger charge is -2.26. The number of nitrogens with one attached hydrogen (secondary N) is 1. The van der Waals surface area contributed by atoms with Crippen molar-refractivity contribution in [3.05, 3.63) is 24.4 Å². The molecule has 0 saturated carbocycles. The third kappa shape index (κ3) is 1.63. The Balaban J connectivity index is 1.97. The fraction of sp³-hybridized carbons (Fsp3) is 0.182. The number of anilines is 1. The van der Waals surface area contributed by atoms with Crippen LogP contribution < -0.4 is 10.2 Å². The number of benzene rings is 1. The molecule has 6 heteroatoms. The van der Waals surface area contributed by atoms with E-state index in [1.54, 1.807) is 18.3 Å². The predicted molar refractivity (Wildman–Crippen MR) is 59.5 cm³/mol. The summed E-state index contributed by atoms with van der Waals surface area (Å²) >= 11 is 0. The second-order valence-corrected chi connectivity index (χ2v) is 3.80. The highest BCUT2D eigenvalue weighted by molar-refractivity contribution is 6.06. The Hall–Kier alpha value is -2.37. The van der Waals surface area contributed by atoms with Crippen LogP contribution in [0.4, 0.5) is 10.5 Å². The zero-order chi connectivity index (χ0) is 11.8. The smallest absolute Gasteiger partial charge is 0.328 e. The molecule has 0 unspecified atom stereocenters. The Morgan fingerprint density at radius 2 is 2.24 bits per heavy atom. The van der Waals surface area contributed by atoms with Gasteiger partial charge in [-0.25, -0.2) is 4.79 Å². The van der Waals surface area contributed by atoms with Crippen LogP contribution in [0.1, 0.15) is 6.42 Å². The molecule has 0 bridgehead atoms. The van der Waals surface area contributed by atoms with Gasteiger partial charge in [0.1, 0.15) is 0 Å². The van der Waals surface area contributed by atoms with Gasteiger partial charge in [0.15, 0.2) is 5.58 Å². The van der Waals surface area contributed by atoms with E-state index in [1.807, 2.05) is 6.07 Å². The van der Waals surface area contributed by atoms with E-state index in [-0.39, 0.29) is 5.91 Å².